The molecule has 1 aromatic carbocycles. The van der Waals surface area contributed by atoms with Crippen molar-refractivity contribution >= 4 is 29.0 Å². The lowest BCUT2D eigenvalue weighted by Crippen LogP contribution is -2.20. The minimum atomic E-state index is 0.248. The first-order valence-corrected chi connectivity index (χ1v) is 6.81. The van der Waals surface area contributed by atoms with Gasteiger partial charge in [0.05, 0.1) is 0 Å². The Bertz CT molecular complexity index is 685. The Balaban J connectivity index is 1.69. The maximum Gasteiger partial charge on any atom is 0.231 e. The predicted molar refractivity (Wildman–Crippen MR) is 83.9 cm³/mol. The second-order valence-electron chi connectivity index (χ2n) is 4.62. The molecule has 108 valence electrons. The predicted octanol–water partition coefficient (Wildman–Crippen LogP) is 2.63. The fourth-order valence-electron chi connectivity index (χ4n) is 2.02. The number of nitrogens with one attached hydrogen (secondary N) is 2. The smallest absolute Gasteiger partial charge is 0.231 e. The minimum Gasteiger partial charge on any atom is -0.454 e. The number of aryl methyl sites for hydroxylation is 2. The molecule has 0 atom stereocenters. The Morgan fingerprint density at radius 2 is 1.76 bits per heavy atom. The van der Waals surface area contributed by atoms with E-state index in [-0.39, 0.29) is 6.79 Å². The zero-order chi connectivity index (χ0) is 14.8. The van der Waals surface area contributed by atoms with E-state index in [1.807, 2.05) is 38.1 Å². The molecule has 0 aliphatic carbocycles. The number of hydrogen-bond acceptors (Lipinski definition) is 5. The molecule has 0 amide bonds. The van der Waals surface area contributed by atoms with Crippen LogP contribution < -0.4 is 20.1 Å². The third kappa shape index (κ3) is 3.19. The van der Waals surface area contributed by atoms with E-state index in [0.29, 0.717) is 16.8 Å². The van der Waals surface area contributed by atoms with Gasteiger partial charge in [0, 0.05) is 23.1 Å². The lowest BCUT2D eigenvalue weighted by molar-refractivity contribution is 0.174. The second-order valence-corrected chi connectivity index (χ2v) is 5.03. The zero-order valence-electron chi connectivity index (χ0n) is 11.6. The molecule has 6 nitrogen and oxygen atoms in total. The molecule has 2 heterocycles. The third-order valence-electron chi connectivity index (χ3n) is 2.84. The maximum absolute atomic E-state index is 5.32. The molecule has 21 heavy (non-hydrogen) atoms. The first-order chi connectivity index (χ1) is 10.1. The maximum atomic E-state index is 5.32. The van der Waals surface area contributed by atoms with E-state index in [4.69, 9.17) is 21.7 Å². The molecule has 0 radical (unpaired) electrons. The molecule has 2 aromatic rings. The Hall–Kier alpha value is -2.41. The molecule has 0 spiro atoms. The van der Waals surface area contributed by atoms with Crippen molar-refractivity contribution in [3.8, 4) is 11.5 Å². The average Bonchev–Trinajstić information content (AvgIpc) is 2.84. The van der Waals surface area contributed by atoms with Crippen molar-refractivity contribution < 1.29 is 9.47 Å². The summed E-state index contributed by atoms with van der Waals surface area (Å²) in [7, 11) is 0. The molecule has 1 aromatic heterocycles. The monoisotopic (exact) mass is 302 g/mol. The molecule has 0 unspecified atom stereocenters. The van der Waals surface area contributed by atoms with Gasteiger partial charge in [0.15, 0.2) is 16.6 Å². The molecule has 0 bridgehead atoms. The first-order valence-electron chi connectivity index (χ1n) is 6.40. The second kappa shape index (κ2) is 5.53. The van der Waals surface area contributed by atoms with Crippen LogP contribution in [0.2, 0.25) is 0 Å². The quantitative estimate of drug-likeness (QED) is 0.826. The standard InChI is InChI=1S/C14H14N4O2S/c1-8-5-9(2)16-13(15-8)18-14(21)17-10-3-4-11-12(6-10)20-7-19-11/h3-6H,7H2,1-2H3,(H2,15,16,17,18,21). The average molecular weight is 302 g/mol. The van der Waals surface area contributed by atoms with Gasteiger partial charge in [-0.25, -0.2) is 9.97 Å². The van der Waals surface area contributed by atoms with Crippen LogP contribution in [0.4, 0.5) is 11.6 Å². The Kier molecular flexibility index (Phi) is 3.57. The number of benzene rings is 1. The van der Waals surface area contributed by atoms with Crippen LogP contribution in [0.3, 0.4) is 0 Å². The van der Waals surface area contributed by atoms with Crippen molar-refractivity contribution in [1.29, 1.82) is 0 Å². The number of ether oxygens (including phenoxy) is 2. The van der Waals surface area contributed by atoms with Crippen LogP contribution in [0, 0.1) is 13.8 Å². The molecule has 0 saturated carbocycles. The van der Waals surface area contributed by atoms with E-state index in [1.165, 1.54) is 0 Å². The fraction of sp³-hybridized carbons (Fsp3) is 0.214. The lowest BCUT2D eigenvalue weighted by atomic mass is 10.3. The number of hydrogen-bond donors (Lipinski definition) is 2. The van der Waals surface area contributed by atoms with E-state index in [2.05, 4.69) is 20.6 Å². The summed E-state index contributed by atoms with van der Waals surface area (Å²) in [5, 5.41) is 6.45. The number of rotatable bonds is 2. The van der Waals surface area contributed by atoms with Crippen molar-refractivity contribution in [1.82, 2.24) is 9.97 Å². The van der Waals surface area contributed by atoms with Crippen molar-refractivity contribution in [3.63, 3.8) is 0 Å². The molecule has 1 aliphatic heterocycles. The molecule has 3 rings (SSSR count). The molecule has 7 heteroatoms. The van der Waals surface area contributed by atoms with Crippen LogP contribution in [0.25, 0.3) is 0 Å². The van der Waals surface area contributed by atoms with Gasteiger partial charge in [-0.1, -0.05) is 0 Å². The Morgan fingerprint density at radius 3 is 2.52 bits per heavy atom. The van der Waals surface area contributed by atoms with Gasteiger partial charge in [0.2, 0.25) is 12.7 Å². The van der Waals surface area contributed by atoms with Crippen molar-refractivity contribution in [3.05, 3.63) is 35.7 Å². The Labute approximate surface area is 127 Å². The summed E-state index contributed by atoms with van der Waals surface area (Å²) in [6, 6.07) is 7.43. The summed E-state index contributed by atoms with van der Waals surface area (Å²) >= 11 is 5.26. The van der Waals surface area contributed by atoms with Gasteiger partial charge in [0.1, 0.15) is 0 Å². The van der Waals surface area contributed by atoms with E-state index in [9.17, 15) is 0 Å². The van der Waals surface area contributed by atoms with Crippen LogP contribution in [-0.4, -0.2) is 21.9 Å². The van der Waals surface area contributed by atoms with E-state index in [1.54, 1.807) is 0 Å². The number of thiocarbonyl (C=S) groups is 1. The molecule has 1 aliphatic rings. The summed E-state index contributed by atoms with van der Waals surface area (Å²) in [6.45, 7) is 4.07. The normalized spacial score (nSPS) is 12.1. The Morgan fingerprint density at radius 1 is 1.05 bits per heavy atom. The summed E-state index contributed by atoms with van der Waals surface area (Å²) < 4.78 is 10.6. The van der Waals surface area contributed by atoms with Crippen molar-refractivity contribution in [2.45, 2.75) is 13.8 Å². The highest BCUT2D eigenvalue weighted by Crippen LogP contribution is 2.34. The van der Waals surface area contributed by atoms with Gasteiger partial charge in [-0.05, 0) is 44.3 Å². The van der Waals surface area contributed by atoms with Gasteiger partial charge in [-0.2, -0.15) is 0 Å². The molecular formula is C14H14N4O2S. The molecule has 0 saturated heterocycles. The van der Waals surface area contributed by atoms with Crippen LogP contribution in [0.15, 0.2) is 24.3 Å². The number of fused-ring (bicyclic) bond motifs is 1. The van der Waals surface area contributed by atoms with Crippen LogP contribution in [0.5, 0.6) is 11.5 Å². The summed E-state index contributed by atoms with van der Waals surface area (Å²) in [5.74, 6) is 1.91. The molecule has 2 N–H and O–H groups in total. The van der Waals surface area contributed by atoms with Gasteiger partial charge in [-0.3, -0.25) is 0 Å². The SMILES string of the molecule is Cc1cc(C)nc(NC(=S)Nc2ccc3c(c2)OCO3)n1. The van der Waals surface area contributed by atoms with E-state index < -0.39 is 0 Å². The molecular weight excluding hydrogens is 288 g/mol. The lowest BCUT2D eigenvalue weighted by Gasteiger charge is -2.10. The highest BCUT2D eigenvalue weighted by Gasteiger charge is 2.13. The first kappa shape index (κ1) is 13.6. The number of nitrogens with zero attached hydrogens (tertiary/aromatic N) is 2. The van der Waals surface area contributed by atoms with Gasteiger partial charge < -0.3 is 20.1 Å². The van der Waals surface area contributed by atoms with Crippen LogP contribution >= 0.6 is 12.2 Å². The summed E-state index contributed by atoms with van der Waals surface area (Å²) in [6.07, 6.45) is 0. The zero-order valence-corrected chi connectivity index (χ0v) is 12.5. The minimum absolute atomic E-state index is 0.248. The largest absolute Gasteiger partial charge is 0.454 e. The summed E-state index contributed by atoms with van der Waals surface area (Å²) in [5.41, 5.74) is 2.58. The number of aromatic nitrogens is 2. The van der Waals surface area contributed by atoms with E-state index >= 15 is 0 Å². The van der Waals surface area contributed by atoms with Crippen LogP contribution in [-0.2, 0) is 0 Å². The fourth-order valence-corrected chi connectivity index (χ4v) is 2.23. The third-order valence-corrected chi connectivity index (χ3v) is 3.04. The van der Waals surface area contributed by atoms with Crippen molar-refractivity contribution in [2.24, 2.45) is 0 Å². The highest BCUT2D eigenvalue weighted by molar-refractivity contribution is 7.80. The van der Waals surface area contributed by atoms with E-state index in [0.717, 1.165) is 22.8 Å². The van der Waals surface area contributed by atoms with Gasteiger partial charge in [0.25, 0.3) is 0 Å². The van der Waals surface area contributed by atoms with Crippen molar-refractivity contribution in [2.75, 3.05) is 17.4 Å². The number of anilines is 2. The van der Waals surface area contributed by atoms with Crippen LogP contribution in [0.1, 0.15) is 11.4 Å². The van der Waals surface area contributed by atoms with Gasteiger partial charge >= 0.3 is 0 Å². The highest BCUT2D eigenvalue weighted by atomic mass is 32.1. The summed E-state index contributed by atoms with van der Waals surface area (Å²) in [4.78, 5) is 8.56. The topological polar surface area (TPSA) is 68.3 Å². The molecule has 0 fully saturated rings. The van der Waals surface area contributed by atoms with Gasteiger partial charge in [-0.15, -0.1) is 0 Å².